The summed E-state index contributed by atoms with van der Waals surface area (Å²) in [6.45, 7) is 0. The van der Waals surface area contributed by atoms with Gasteiger partial charge >= 0.3 is 0 Å². The first-order valence-electron chi connectivity index (χ1n) is 6.62. The van der Waals surface area contributed by atoms with E-state index in [1.165, 1.54) is 38.6 Å². The number of nitrogens with one attached hydrogen (secondary N) is 1. The molecule has 0 saturated carbocycles. The van der Waals surface area contributed by atoms with E-state index in [1.807, 2.05) is 0 Å². The molecule has 7 heteroatoms. The summed E-state index contributed by atoms with van der Waals surface area (Å²) in [6, 6.07) is 8.96. The molecule has 0 aliphatic carbocycles. The Morgan fingerprint density at radius 2 is 1.87 bits per heavy atom. The highest BCUT2D eigenvalue weighted by atomic mass is 16.5. The molecule has 0 saturated heterocycles. The first-order valence-corrected chi connectivity index (χ1v) is 6.62. The minimum atomic E-state index is -0.563. The van der Waals surface area contributed by atoms with Gasteiger partial charge in [-0.15, -0.1) is 0 Å². The predicted molar refractivity (Wildman–Crippen MR) is 84.4 cm³/mol. The molecular weight excluding hydrogens is 300 g/mol. The SMILES string of the molecule is COc1ccc(C(=O)N/N=C\c2ccc(O)c(OC)c2)c(O)c1. The third-order valence-electron chi connectivity index (χ3n) is 3.03. The number of carbonyl (C=O) groups excluding carboxylic acids is 1. The van der Waals surface area contributed by atoms with Crippen LogP contribution in [0, 0.1) is 0 Å². The van der Waals surface area contributed by atoms with E-state index in [1.54, 1.807) is 18.2 Å². The lowest BCUT2D eigenvalue weighted by Crippen LogP contribution is -2.17. The highest BCUT2D eigenvalue weighted by Gasteiger charge is 2.11. The maximum atomic E-state index is 11.9. The zero-order valence-corrected chi connectivity index (χ0v) is 12.6. The van der Waals surface area contributed by atoms with E-state index in [2.05, 4.69) is 10.5 Å². The zero-order chi connectivity index (χ0) is 16.8. The third-order valence-corrected chi connectivity index (χ3v) is 3.03. The van der Waals surface area contributed by atoms with Crippen LogP contribution < -0.4 is 14.9 Å². The molecule has 0 aliphatic heterocycles. The largest absolute Gasteiger partial charge is 0.507 e. The molecule has 1 amide bonds. The molecule has 0 atom stereocenters. The molecular formula is C16H16N2O5. The first-order chi connectivity index (χ1) is 11.0. The molecule has 0 unspecified atom stereocenters. The van der Waals surface area contributed by atoms with Gasteiger partial charge in [-0.25, -0.2) is 5.43 Å². The van der Waals surface area contributed by atoms with Crippen molar-refractivity contribution in [2.45, 2.75) is 0 Å². The smallest absolute Gasteiger partial charge is 0.275 e. The summed E-state index contributed by atoms with van der Waals surface area (Å²) in [5.41, 5.74) is 3.00. The molecule has 0 heterocycles. The molecule has 0 spiro atoms. The van der Waals surface area contributed by atoms with Crippen molar-refractivity contribution >= 4 is 12.1 Å². The van der Waals surface area contributed by atoms with Crippen molar-refractivity contribution < 1.29 is 24.5 Å². The van der Waals surface area contributed by atoms with E-state index >= 15 is 0 Å². The van der Waals surface area contributed by atoms with Crippen molar-refractivity contribution in [1.82, 2.24) is 5.43 Å². The molecule has 2 aromatic carbocycles. The number of phenolic OH excluding ortho intramolecular Hbond substituents is 2. The van der Waals surface area contributed by atoms with Gasteiger partial charge in [0.2, 0.25) is 0 Å². The molecule has 0 radical (unpaired) electrons. The topological polar surface area (TPSA) is 100 Å². The van der Waals surface area contributed by atoms with E-state index < -0.39 is 5.91 Å². The quantitative estimate of drug-likeness (QED) is 0.577. The molecule has 7 nitrogen and oxygen atoms in total. The second-order valence-electron chi connectivity index (χ2n) is 4.51. The summed E-state index contributed by atoms with van der Waals surface area (Å²) >= 11 is 0. The Morgan fingerprint density at radius 3 is 2.52 bits per heavy atom. The summed E-state index contributed by atoms with van der Waals surface area (Å²) in [5.74, 6) is -0.0147. The van der Waals surface area contributed by atoms with Crippen molar-refractivity contribution in [3.05, 3.63) is 47.5 Å². The van der Waals surface area contributed by atoms with Gasteiger partial charge in [-0.1, -0.05) is 0 Å². The van der Waals surface area contributed by atoms with Crippen molar-refractivity contribution in [2.75, 3.05) is 14.2 Å². The molecule has 23 heavy (non-hydrogen) atoms. The minimum Gasteiger partial charge on any atom is -0.507 e. The van der Waals surface area contributed by atoms with Gasteiger partial charge in [-0.2, -0.15) is 5.10 Å². The van der Waals surface area contributed by atoms with Crippen LogP contribution in [0.5, 0.6) is 23.0 Å². The van der Waals surface area contributed by atoms with Crippen LogP contribution in [0.15, 0.2) is 41.5 Å². The standard InChI is InChI=1S/C16H16N2O5/c1-22-11-4-5-12(14(20)8-11)16(21)18-17-9-10-3-6-13(19)15(7-10)23-2/h3-9,19-20H,1-2H3,(H,18,21)/b17-9-. The molecule has 2 aromatic rings. The van der Waals surface area contributed by atoms with Crippen LogP contribution in [0.3, 0.4) is 0 Å². The Hall–Kier alpha value is -3.22. The van der Waals surface area contributed by atoms with Crippen molar-refractivity contribution in [3.63, 3.8) is 0 Å². The number of hydrogen-bond donors (Lipinski definition) is 3. The summed E-state index contributed by atoms with van der Waals surface area (Å²) in [6.07, 6.45) is 1.39. The first kappa shape index (κ1) is 16.2. The lowest BCUT2D eigenvalue weighted by Gasteiger charge is -2.05. The number of nitrogens with zero attached hydrogens (tertiary/aromatic N) is 1. The van der Waals surface area contributed by atoms with Gasteiger partial charge in [-0.3, -0.25) is 4.79 Å². The summed E-state index contributed by atoms with van der Waals surface area (Å²) in [4.78, 5) is 11.9. The fourth-order valence-corrected chi connectivity index (χ4v) is 1.83. The second kappa shape index (κ2) is 7.17. The number of aromatic hydroxyl groups is 2. The fraction of sp³-hybridized carbons (Fsp3) is 0.125. The molecule has 3 N–H and O–H groups in total. The van der Waals surface area contributed by atoms with Crippen molar-refractivity contribution in [1.29, 1.82) is 0 Å². The highest BCUT2D eigenvalue weighted by molar-refractivity contribution is 5.97. The normalized spacial score (nSPS) is 10.5. The average molecular weight is 316 g/mol. The summed E-state index contributed by atoms with van der Waals surface area (Å²) in [7, 11) is 2.90. The number of benzene rings is 2. The molecule has 0 bridgehead atoms. The Bertz CT molecular complexity index is 743. The number of ether oxygens (including phenoxy) is 2. The minimum absolute atomic E-state index is 0.0110. The Balaban J connectivity index is 2.06. The van der Waals surface area contributed by atoms with E-state index in [0.29, 0.717) is 17.1 Å². The zero-order valence-electron chi connectivity index (χ0n) is 12.6. The van der Waals surface area contributed by atoms with Crippen LogP contribution in [0.2, 0.25) is 0 Å². The maximum Gasteiger partial charge on any atom is 0.275 e. The number of rotatable bonds is 5. The van der Waals surface area contributed by atoms with Gasteiger partial charge in [0.1, 0.15) is 11.5 Å². The molecule has 2 rings (SSSR count). The van der Waals surface area contributed by atoms with Crippen LogP contribution in [0.4, 0.5) is 0 Å². The van der Waals surface area contributed by atoms with Crippen LogP contribution >= 0.6 is 0 Å². The summed E-state index contributed by atoms with van der Waals surface area (Å²) in [5, 5.41) is 23.1. The number of methoxy groups -OCH3 is 2. The molecule has 0 fully saturated rings. The molecule has 0 aromatic heterocycles. The van der Waals surface area contributed by atoms with Gasteiger partial charge in [-0.05, 0) is 35.9 Å². The van der Waals surface area contributed by atoms with Gasteiger partial charge in [0.15, 0.2) is 11.5 Å². The number of hydrogen-bond acceptors (Lipinski definition) is 6. The fourth-order valence-electron chi connectivity index (χ4n) is 1.83. The number of phenols is 2. The lowest BCUT2D eigenvalue weighted by atomic mass is 10.2. The number of hydrazone groups is 1. The summed E-state index contributed by atoms with van der Waals surface area (Å²) < 4.78 is 9.92. The van der Waals surface area contributed by atoms with Crippen LogP contribution in [-0.2, 0) is 0 Å². The Morgan fingerprint density at radius 1 is 1.09 bits per heavy atom. The van der Waals surface area contributed by atoms with Crippen LogP contribution in [0.1, 0.15) is 15.9 Å². The van der Waals surface area contributed by atoms with E-state index in [-0.39, 0.29) is 17.1 Å². The molecule has 0 aliphatic rings. The Kier molecular flexibility index (Phi) is 5.03. The monoisotopic (exact) mass is 316 g/mol. The van der Waals surface area contributed by atoms with E-state index in [0.717, 1.165) is 0 Å². The van der Waals surface area contributed by atoms with E-state index in [9.17, 15) is 15.0 Å². The predicted octanol–water partition coefficient (Wildman–Crippen LogP) is 1.88. The van der Waals surface area contributed by atoms with Gasteiger partial charge in [0.25, 0.3) is 5.91 Å². The third kappa shape index (κ3) is 3.91. The second-order valence-corrected chi connectivity index (χ2v) is 4.51. The molecule has 120 valence electrons. The number of carbonyl (C=O) groups is 1. The maximum absolute atomic E-state index is 11.9. The van der Waals surface area contributed by atoms with Crippen molar-refractivity contribution in [3.8, 4) is 23.0 Å². The van der Waals surface area contributed by atoms with Crippen LogP contribution in [-0.4, -0.2) is 36.6 Å². The van der Waals surface area contributed by atoms with Crippen molar-refractivity contribution in [2.24, 2.45) is 5.10 Å². The van der Waals surface area contributed by atoms with Gasteiger partial charge in [0, 0.05) is 6.07 Å². The Labute approximate surface area is 132 Å². The lowest BCUT2D eigenvalue weighted by molar-refractivity contribution is 0.0952. The van der Waals surface area contributed by atoms with Crippen LogP contribution in [0.25, 0.3) is 0 Å². The number of amides is 1. The van der Waals surface area contributed by atoms with E-state index in [4.69, 9.17) is 9.47 Å². The average Bonchev–Trinajstić information content (AvgIpc) is 2.56. The van der Waals surface area contributed by atoms with Gasteiger partial charge in [0.05, 0.1) is 26.0 Å². The van der Waals surface area contributed by atoms with Gasteiger partial charge < -0.3 is 19.7 Å². The highest BCUT2D eigenvalue weighted by Crippen LogP contribution is 2.25.